The SMILES string of the molecule is CC(C)CN(CCCN)S(=O)(=O)c1ccc2occc(=O)c2c1. The van der Waals surface area contributed by atoms with Crippen LogP contribution in [0, 0.1) is 5.92 Å². The minimum atomic E-state index is -3.68. The van der Waals surface area contributed by atoms with Gasteiger partial charge in [0.1, 0.15) is 5.58 Å². The lowest BCUT2D eigenvalue weighted by Crippen LogP contribution is -2.36. The first-order chi connectivity index (χ1) is 10.9. The summed E-state index contributed by atoms with van der Waals surface area (Å²) in [6, 6.07) is 5.64. The van der Waals surface area contributed by atoms with Crippen LogP contribution in [0.2, 0.25) is 0 Å². The Hall–Kier alpha value is -1.70. The van der Waals surface area contributed by atoms with Crippen LogP contribution in [0.3, 0.4) is 0 Å². The van der Waals surface area contributed by atoms with Crippen molar-refractivity contribution >= 4 is 21.0 Å². The predicted octanol–water partition coefficient (Wildman–Crippen LogP) is 1.79. The Labute approximate surface area is 135 Å². The third-order valence-electron chi connectivity index (χ3n) is 3.45. The maximum Gasteiger partial charge on any atom is 0.243 e. The third kappa shape index (κ3) is 3.99. The van der Waals surface area contributed by atoms with Crippen molar-refractivity contribution in [1.82, 2.24) is 4.31 Å². The summed E-state index contributed by atoms with van der Waals surface area (Å²) in [6.45, 7) is 5.10. The molecular weight excluding hydrogens is 316 g/mol. The van der Waals surface area contributed by atoms with Crippen LogP contribution in [0.4, 0.5) is 0 Å². The van der Waals surface area contributed by atoms with E-state index in [2.05, 4.69) is 0 Å². The van der Waals surface area contributed by atoms with Gasteiger partial charge in [-0.15, -0.1) is 0 Å². The molecule has 1 aromatic carbocycles. The second-order valence-electron chi connectivity index (χ2n) is 5.84. The van der Waals surface area contributed by atoms with Crippen molar-refractivity contribution in [2.75, 3.05) is 19.6 Å². The summed E-state index contributed by atoms with van der Waals surface area (Å²) in [4.78, 5) is 12.0. The lowest BCUT2D eigenvalue weighted by Gasteiger charge is -2.24. The largest absolute Gasteiger partial charge is 0.464 e. The third-order valence-corrected chi connectivity index (χ3v) is 5.31. The molecule has 1 aromatic heterocycles. The van der Waals surface area contributed by atoms with Crippen molar-refractivity contribution in [3.63, 3.8) is 0 Å². The maximum absolute atomic E-state index is 12.9. The Balaban J connectivity index is 2.47. The maximum atomic E-state index is 12.9. The lowest BCUT2D eigenvalue weighted by molar-refractivity contribution is 0.364. The minimum absolute atomic E-state index is 0.0983. The number of fused-ring (bicyclic) bond motifs is 1. The van der Waals surface area contributed by atoms with E-state index in [0.717, 1.165) is 0 Å². The van der Waals surface area contributed by atoms with Crippen LogP contribution in [-0.2, 0) is 10.0 Å². The van der Waals surface area contributed by atoms with E-state index in [9.17, 15) is 13.2 Å². The molecule has 0 amide bonds. The molecule has 0 unspecified atom stereocenters. The number of rotatable bonds is 7. The normalized spacial score (nSPS) is 12.4. The zero-order valence-corrected chi connectivity index (χ0v) is 14.2. The van der Waals surface area contributed by atoms with E-state index in [4.69, 9.17) is 10.2 Å². The lowest BCUT2D eigenvalue weighted by atomic mass is 10.2. The molecule has 23 heavy (non-hydrogen) atoms. The summed E-state index contributed by atoms with van der Waals surface area (Å²) in [5.41, 5.74) is 5.61. The highest BCUT2D eigenvalue weighted by atomic mass is 32.2. The number of nitrogens with zero attached hydrogens (tertiary/aromatic N) is 1. The quantitative estimate of drug-likeness (QED) is 0.830. The Bertz CT molecular complexity index is 827. The molecule has 6 nitrogen and oxygen atoms in total. The van der Waals surface area contributed by atoms with Crippen molar-refractivity contribution < 1.29 is 12.8 Å². The van der Waals surface area contributed by atoms with Gasteiger partial charge in [-0.3, -0.25) is 4.79 Å². The fraction of sp³-hybridized carbons (Fsp3) is 0.438. The Morgan fingerprint density at radius 1 is 1.26 bits per heavy atom. The molecule has 2 aromatic rings. The molecule has 0 saturated heterocycles. The first kappa shape index (κ1) is 17.7. The van der Waals surface area contributed by atoms with Gasteiger partial charge in [0.2, 0.25) is 10.0 Å². The van der Waals surface area contributed by atoms with E-state index in [-0.39, 0.29) is 21.6 Å². The van der Waals surface area contributed by atoms with Gasteiger partial charge in [-0.25, -0.2) is 8.42 Å². The van der Waals surface area contributed by atoms with Gasteiger partial charge in [0.15, 0.2) is 5.43 Å². The number of hydrogen-bond donors (Lipinski definition) is 1. The van der Waals surface area contributed by atoms with Gasteiger partial charge in [-0.05, 0) is 37.1 Å². The predicted molar refractivity (Wildman–Crippen MR) is 89.8 cm³/mol. The second-order valence-corrected chi connectivity index (χ2v) is 7.78. The number of sulfonamides is 1. The number of hydrogen-bond acceptors (Lipinski definition) is 5. The van der Waals surface area contributed by atoms with E-state index in [0.29, 0.717) is 31.6 Å². The molecule has 0 spiro atoms. The summed E-state index contributed by atoms with van der Waals surface area (Å²) in [5.74, 6) is 0.188. The standard InChI is InChI=1S/C16H22N2O4S/c1-12(2)11-18(8-3-7-17)23(20,21)13-4-5-16-14(10-13)15(19)6-9-22-16/h4-6,9-10,12H,3,7-8,11,17H2,1-2H3. The zero-order chi connectivity index (χ0) is 17.0. The molecule has 0 bridgehead atoms. The molecule has 0 aliphatic heterocycles. The molecule has 2 rings (SSSR count). The molecule has 0 saturated carbocycles. The van der Waals surface area contributed by atoms with Crippen LogP contribution >= 0.6 is 0 Å². The van der Waals surface area contributed by atoms with Gasteiger partial charge >= 0.3 is 0 Å². The molecule has 0 aliphatic rings. The fourth-order valence-electron chi connectivity index (χ4n) is 2.36. The molecule has 0 aliphatic carbocycles. The highest BCUT2D eigenvalue weighted by molar-refractivity contribution is 7.89. The topological polar surface area (TPSA) is 93.6 Å². The Morgan fingerprint density at radius 2 is 2.00 bits per heavy atom. The number of benzene rings is 1. The Kier molecular flexibility index (Phi) is 5.56. The monoisotopic (exact) mass is 338 g/mol. The van der Waals surface area contributed by atoms with E-state index in [1.807, 2.05) is 13.8 Å². The van der Waals surface area contributed by atoms with Crippen molar-refractivity contribution in [2.24, 2.45) is 11.7 Å². The van der Waals surface area contributed by atoms with Gasteiger partial charge < -0.3 is 10.2 Å². The first-order valence-electron chi connectivity index (χ1n) is 7.58. The van der Waals surface area contributed by atoms with E-state index >= 15 is 0 Å². The molecule has 2 N–H and O–H groups in total. The van der Waals surface area contributed by atoms with Gasteiger partial charge in [0.05, 0.1) is 16.5 Å². The van der Waals surface area contributed by atoms with Gasteiger partial charge in [-0.1, -0.05) is 13.8 Å². The molecule has 1 heterocycles. The molecular formula is C16H22N2O4S. The smallest absolute Gasteiger partial charge is 0.243 e. The summed E-state index contributed by atoms with van der Waals surface area (Å²) in [7, 11) is -3.68. The second kappa shape index (κ2) is 7.25. The molecule has 7 heteroatoms. The molecule has 0 atom stereocenters. The van der Waals surface area contributed by atoms with Gasteiger partial charge in [0, 0.05) is 19.2 Å². The summed E-state index contributed by atoms with van der Waals surface area (Å²) in [5, 5.41) is 0.261. The highest BCUT2D eigenvalue weighted by Crippen LogP contribution is 2.21. The summed E-state index contributed by atoms with van der Waals surface area (Å²) >= 11 is 0. The number of nitrogens with two attached hydrogens (primary N) is 1. The fourth-order valence-corrected chi connectivity index (χ4v) is 4.03. The summed E-state index contributed by atoms with van der Waals surface area (Å²) in [6.07, 6.45) is 1.88. The average molecular weight is 338 g/mol. The highest BCUT2D eigenvalue weighted by Gasteiger charge is 2.25. The van der Waals surface area contributed by atoms with Crippen molar-refractivity contribution in [2.45, 2.75) is 25.2 Å². The molecule has 126 valence electrons. The van der Waals surface area contributed by atoms with Gasteiger partial charge in [0.25, 0.3) is 0 Å². The van der Waals surface area contributed by atoms with E-state index in [1.165, 1.54) is 34.8 Å². The van der Waals surface area contributed by atoms with Crippen LogP contribution in [-0.4, -0.2) is 32.4 Å². The zero-order valence-electron chi connectivity index (χ0n) is 13.4. The van der Waals surface area contributed by atoms with Crippen molar-refractivity contribution in [3.8, 4) is 0 Å². The molecule has 0 radical (unpaired) electrons. The van der Waals surface area contributed by atoms with Gasteiger partial charge in [-0.2, -0.15) is 4.31 Å². The van der Waals surface area contributed by atoms with Crippen LogP contribution < -0.4 is 11.2 Å². The first-order valence-corrected chi connectivity index (χ1v) is 9.02. The van der Waals surface area contributed by atoms with Crippen LogP contribution in [0.1, 0.15) is 20.3 Å². The van der Waals surface area contributed by atoms with Crippen LogP contribution in [0.5, 0.6) is 0 Å². The Morgan fingerprint density at radius 3 is 2.65 bits per heavy atom. The summed E-state index contributed by atoms with van der Waals surface area (Å²) < 4.78 is 32.4. The van der Waals surface area contributed by atoms with Crippen molar-refractivity contribution in [1.29, 1.82) is 0 Å². The minimum Gasteiger partial charge on any atom is -0.464 e. The van der Waals surface area contributed by atoms with Crippen LogP contribution in [0.25, 0.3) is 11.0 Å². The average Bonchev–Trinajstić information content (AvgIpc) is 2.51. The molecule has 0 fully saturated rings. The van der Waals surface area contributed by atoms with Crippen LogP contribution in [0.15, 0.2) is 44.6 Å². The van der Waals surface area contributed by atoms with E-state index < -0.39 is 10.0 Å². The van der Waals surface area contributed by atoms with E-state index in [1.54, 1.807) is 0 Å². The van der Waals surface area contributed by atoms with Crippen molar-refractivity contribution in [3.05, 3.63) is 40.8 Å².